The molecule has 0 atom stereocenters. The molecule has 164 valence electrons. The maximum Gasteiger partial charge on any atom is 0.227 e. The van der Waals surface area contributed by atoms with E-state index in [2.05, 4.69) is 15.3 Å². The highest BCUT2D eigenvalue weighted by Gasteiger charge is 2.18. The number of hydrogen-bond donors (Lipinski definition) is 1. The molecule has 1 N–H and O–H groups in total. The van der Waals surface area contributed by atoms with E-state index in [1.807, 2.05) is 54.8 Å². The third-order valence-electron chi connectivity index (χ3n) is 5.07. The molecule has 2 heterocycles. The number of para-hydroxylation sites is 2. The van der Waals surface area contributed by atoms with Gasteiger partial charge in [0.2, 0.25) is 5.95 Å². The van der Waals surface area contributed by atoms with Crippen molar-refractivity contribution >= 4 is 22.7 Å². The highest BCUT2D eigenvalue weighted by Crippen LogP contribution is 2.30. The summed E-state index contributed by atoms with van der Waals surface area (Å²) in [6, 6.07) is 16.9. The van der Waals surface area contributed by atoms with Gasteiger partial charge in [-0.25, -0.2) is 23.7 Å². The zero-order valence-corrected chi connectivity index (χ0v) is 18.0. The summed E-state index contributed by atoms with van der Waals surface area (Å²) in [6.45, 7) is 3.96. The van der Waals surface area contributed by atoms with E-state index in [1.165, 1.54) is 6.07 Å². The van der Waals surface area contributed by atoms with E-state index >= 15 is 0 Å². The van der Waals surface area contributed by atoms with E-state index in [-0.39, 0.29) is 6.04 Å². The van der Waals surface area contributed by atoms with Crippen molar-refractivity contribution in [1.29, 1.82) is 0 Å². The molecule has 3 aromatic rings. The van der Waals surface area contributed by atoms with Crippen LogP contribution >= 0.6 is 0 Å². The Kier molecular flexibility index (Phi) is 5.26. The lowest BCUT2D eigenvalue weighted by Crippen LogP contribution is -2.17. The average molecular weight is 442 g/mol. The molecule has 1 aromatic heterocycles. The molecule has 0 saturated carbocycles. The number of hydrogen-bond acceptors (Lipinski definition) is 5. The van der Waals surface area contributed by atoms with Crippen LogP contribution in [0, 0.1) is 11.6 Å². The van der Waals surface area contributed by atoms with E-state index in [0.29, 0.717) is 39.6 Å². The summed E-state index contributed by atoms with van der Waals surface area (Å²) in [5.41, 5.74) is 4.02. The molecule has 0 bridgehead atoms. The number of nitrogens with one attached hydrogen (secondary N) is 1. The van der Waals surface area contributed by atoms with Crippen LogP contribution in [0.3, 0.4) is 0 Å². The lowest BCUT2D eigenvalue weighted by Gasteiger charge is -2.20. The van der Waals surface area contributed by atoms with Crippen molar-refractivity contribution in [1.82, 2.24) is 19.5 Å². The quantitative estimate of drug-likeness (QED) is 0.386. The highest BCUT2D eigenvalue weighted by atomic mass is 19.2. The van der Waals surface area contributed by atoms with Crippen molar-refractivity contribution in [3.63, 3.8) is 0 Å². The molecule has 6 nitrogen and oxygen atoms in total. The zero-order valence-electron chi connectivity index (χ0n) is 18.0. The largest absolute Gasteiger partial charge is 0.322 e. The van der Waals surface area contributed by atoms with E-state index in [9.17, 15) is 8.78 Å². The molecular weight excluding hydrogens is 422 g/mol. The van der Waals surface area contributed by atoms with Crippen molar-refractivity contribution in [2.24, 2.45) is 4.99 Å². The summed E-state index contributed by atoms with van der Waals surface area (Å²) in [7, 11) is 0. The van der Waals surface area contributed by atoms with Crippen LogP contribution in [0.5, 0.6) is 0 Å². The summed E-state index contributed by atoms with van der Waals surface area (Å²) in [6.07, 6.45) is 3.30. The lowest BCUT2D eigenvalue weighted by molar-refractivity contribution is 0.508. The fraction of sp³-hybridized carbons (Fsp3) is 0.120. The number of aromatic nitrogens is 4. The van der Waals surface area contributed by atoms with Crippen LogP contribution in [0.2, 0.25) is 0 Å². The third kappa shape index (κ3) is 4.03. The molecule has 0 saturated heterocycles. The lowest BCUT2D eigenvalue weighted by atomic mass is 10.1. The van der Waals surface area contributed by atoms with Crippen molar-refractivity contribution < 1.29 is 8.78 Å². The predicted octanol–water partition coefficient (Wildman–Crippen LogP) is 5.25. The van der Waals surface area contributed by atoms with Gasteiger partial charge in [-0.1, -0.05) is 12.1 Å². The summed E-state index contributed by atoms with van der Waals surface area (Å²) in [4.78, 5) is 18.1. The Morgan fingerprint density at radius 2 is 1.70 bits per heavy atom. The number of fused-ring (bicyclic) bond motifs is 2. The molecule has 1 aliphatic heterocycles. The minimum Gasteiger partial charge on any atom is -0.322 e. The first-order chi connectivity index (χ1) is 16.0. The van der Waals surface area contributed by atoms with E-state index in [4.69, 9.17) is 9.98 Å². The number of benzene rings is 3. The topological polar surface area (TPSA) is 68.0 Å². The molecular formula is C25H20F2N6. The van der Waals surface area contributed by atoms with E-state index in [1.54, 1.807) is 24.5 Å². The fourth-order valence-corrected chi connectivity index (χ4v) is 3.71. The first-order valence-corrected chi connectivity index (χ1v) is 10.5. The van der Waals surface area contributed by atoms with Gasteiger partial charge < -0.3 is 9.88 Å². The van der Waals surface area contributed by atoms with Crippen molar-refractivity contribution in [2.75, 3.05) is 5.32 Å². The molecule has 0 spiro atoms. The molecule has 0 radical (unpaired) electrons. The second-order valence-corrected chi connectivity index (χ2v) is 7.81. The van der Waals surface area contributed by atoms with Gasteiger partial charge >= 0.3 is 0 Å². The molecule has 5 rings (SSSR count). The Labute approximate surface area is 188 Å². The van der Waals surface area contributed by atoms with Crippen molar-refractivity contribution in [3.05, 3.63) is 90.0 Å². The predicted molar refractivity (Wildman–Crippen MR) is 124 cm³/mol. The van der Waals surface area contributed by atoms with Crippen molar-refractivity contribution in [3.8, 4) is 17.1 Å². The number of halogens is 2. The smallest absolute Gasteiger partial charge is 0.227 e. The molecule has 2 aromatic carbocycles. The van der Waals surface area contributed by atoms with Crippen LogP contribution in [0.4, 0.5) is 20.4 Å². The Balaban J connectivity index is 1.84. The zero-order chi connectivity index (χ0) is 22.9. The first-order valence-electron chi connectivity index (χ1n) is 10.5. The summed E-state index contributed by atoms with van der Waals surface area (Å²) < 4.78 is 29.7. The van der Waals surface area contributed by atoms with Gasteiger partial charge in [-0.3, -0.25) is 4.99 Å². The van der Waals surface area contributed by atoms with Gasteiger partial charge in [-0.15, -0.1) is 0 Å². The van der Waals surface area contributed by atoms with Gasteiger partial charge in [-0.2, -0.15) is 0 Å². The molecule has 2 aliphatic rings. The second kappa shape index (κ2) is 8.38. The normalized spacial score (nSPS) is 12.1. The SMILES string of the molecule is CC(C)/N=c1\cc2n(-c3ccc(F)c(F)c3)c3ccccc3nc-2cc1Nc1ncccn1. The maximum absolute atomic E-state index is 14.2. The van der Waals surface area contributed by atoms with Crippen LogP contribution in [0.15, 0.2) is 78.0 Å². The maximum atomic E-state index is 14.2. The van der Waals surface area contributed by atoms with E-state index in [0.717, 1.165) is 11.6 Å². The van der Waals surface area contributed by atoms with Gasteiger partial charge in [0.05, 0.1) is 33.5 Å². The van der Waals surface area contributed by atoms with Gasteiger partial charge in [-0.05, 0) is 56.3 Å². The number of nitrogens with zero attached hydrogens (tertiary/aromatic N) is 5. The Hall–Kier alpha value is -4.20. The fourth-order valence-electron chi connectivity index (χ4n) is 3.71. The second-order valence-electron chi connectivity index (χ2n) is 7.81. The Morgan fingerprint density at radius 1 is 0.909 bits per heavy atom. The molecule has 33 heavy (non-hydrogen) atoms. The van der Waals surface area contributed by atoms with Gasteiger partial charge in [0.1, 0.15) is 0 Å². The van der Waals surface area contributed by atoms with Crippen LogP contribution in [-0.4, -0.2) is 25.6 Å². The van der Waals surface area contributed by atoms with Gasteiger partial charge in [0.15, 0.2) is 11.6 Å². The number of rotatable bonds is 4. The monoisotopic (exact) mass is 442 g/mol. The van der Waals surface area contributed by atoms with Gasteiger partial charge in [0, 0.05) is 30.2 Å². The molecule has 0 amide bonds. The van der Waals surface area contributed by atoms with Crippen LogP contribution in [0.1, 0.15) is 13.8 Å². The number of anilines is 2. The Morgan fingerprint density at radius 3 is 2.45 bits per heavy atom. The molecule has 8 heteroatoms. The van der Waals surface area contributed by atoms with Crippen LogP contribution < -0.4 is 10.7 Å². The summed E-state index contributed by atoms with van der Waals surface area (Å²) in [5, 5.41) is 3.90. The van der Waals surface area contributed by atoms with Crippen LogP contribution in [0.25, 0.3) is 28.1 Å². The minimum absolute atomic E-state index is 0.0184. The third-order valence-corrected chi connectivity index (χ3v) is 5.07. The average Bonchev–Trinajstić information content (AvgIpc) is 2.80. The molecule has 1 aliphatic carbocycles. The van der Waals surface area contributed by atoms with Gasteiger partial charge in [0.25, 0.3) is 0 Å². The Bertz CT molecular complexity index is 1490. The standard InChI is InChI=1S/C25H20F2N6/c1-15(2)30-21-14-24-22(13-20(21)32-25-28-10-5-11-29-25)31-19-6-3-4-7-23(19)33(24)16-8-9-17(26)18(27)12-16/h3-15H,1-2H3,(H,28,29,32)/b30-21+. The van der Waals surface area contributed by atoms with Crippen molar-refractivity contribution in [2.45, 2.75) is 19.9 Å². The highest BCUT2D eigenvalue weighted by molar-refractivity contribution is 5.84. The minimum atomic E-state index is -0.916. The summed E-state index contributed by atoms with van der Waals surface area (Å²) >= 11 is 0. The van der Waals surface area contributed by atoms with Crippen LogP contribution in [-0.2, 0) is 0 Å². The van der Waals surface area contributed by atoms with E-state index < -0.39 is 11.6 Å². The molecule has 0 fully saturated rings. The summed E-state index contributed by atoms with van der Waals surface area (Å²) in [5.74, 6) is -1.38. The molecule has 0 unspecified atom stereocenters. The first kappa shape index (κ1) is 20.7.